The molecule has 0 atom stereocenters. The molecule has 0 bridgehead atoms. The molecule has 4 rings (SSSR count). The molecule has 2 aromatic carbocycles. The summed E-state index contributed by atoms with van der Waals surface area (Å²) in [7, 11) is 0. The van der Waals surface area contributed by atoms with E-state index in [2.05, 4.69) is 4.98 Å². The van der Waals surface area contributed by atoms with Crippen LogP contribution in [0.3, 0.4) is 0 Å². The van der Waals surface area contributed by atoms with Gasteiger partial charge >= 0.3 is 0 Å². The molecular weight excluding hydrogens is 272 g/mol. The van der Waals surface area contributed by atoms with Crippen molar-refractivity contribution in [3.8, 4) is 0 Å². The third kappa shape index (κ3) is 1.47. The van der Waals surface area contributed by atoms with Gasteiger partial charge in [0.25, 0.3) is 5.56 Å². The monoisotopic (exact) mass is 280 g/mol. The summed E-state index contributed by atoms with van der Waals surface area (Å²) in [5.41, 5.74) is 1.14. The van der Waals surface area contributed by atoms with E-state index in [1.807, 2.05) is 42.5 Å². The van der Waals surface area contributed by atoms with Gasteiger partial charge in [0.05, 0.1) is 10.9 Å². The van der Waals surface area contributed by atoms with Gasteiger partial charge in [0.2, 0.25) is 0 Å². The zero-order chi connectivity index (χ0) is 13.7. The summed E-state index contributed by atoms with van der Waals surface area (Å²) in [5.74, 6) is 0. The van der Waals surface area contributed by atoms with Crippen molar-refractivity contribution in [1.82, 2.24) is 9.38 Å². The predicted molar refractivity (Wildman–Crippen MR) is 81.5 cm³/mol. The van der Waals surface area contributed by atoms with Crippen molar-refractivity contribution in [1.29, 1.82) is 0 Å². The fraction of sp³-hybridized carbons (Fsp3) is 0. The van der Waals surface area contributed by atoms with Crippen LogP contribution in [0.2, 0.25) is 5.15 Å². The largest absolute Gasteiger partial charge is 0.268 e. The van der Waals surface area contributed by atoms with Crippen LogP contribution in [-0.4, -0.2) is 9.38 Å². The minimum absolute atomic E-state index is 0.138. The van der Waals surface area contributed by atoms with Crippen molar-refractivity contribution in [3.05, 3.63) is 70.1 Å². The van der Waals surface area contributed by atoms with E-state index < -0.39 is 0 Å². The number of hydrogen-bond donors (Lipinski definition) is 0. The van der Waals surface area contributed by atoms with E-state index in [0.717, 1.165) is 10.8 Å². The zero-order valence-electron chi connectivity index (χ0n) is 10.4. The molecule has 2 heterocycles. The third-order valence-electron chi connectivity index (χ3n) is 3.47. The normalized spacial score (nSPS) is 11.4. The van der Waals surface area contributed by atoms with E-state index in [1.54, 1.807) is 12.1 Å². The Kier molecular flexibility index (Phi) is 2.32. The van der Waals surface area contributed by atoms with Crippen LogP contribution in [0, 0.1) is 0 Å². The van der Waals surface area contributed by atoms with Gasteiger partial charge < -0.3 is 0 Å². The maximum atomic E-state index is 12.6. The van der Waals surface area contributed by atoms with Crippen molar-refractivity contribution in [3.63, 3.8) is 0 Å². The Morgan fingerprint density at radius 1 is 0.950 bits per heavy atom. The highest BCUT2D eigenvalue weighted by Crippen LogP contribution is 2.23. The second-order valence-electron chi connectivity index (χ2n) is 4.65. The minimum atomic E-state index is -0.138. The summed E-state index contributed by atoms with van der Waals surface area (Å²) in [5, 5.41) is 2.84. The number of halogens is 1. The third-order valence-corrected chi connectivity index (χ3v) is 3.74. The van der Waals surface area contributed by atoms with Crippen LogP contribution in [-0.2, 0) is 0 Å². The topological polar surface area (TPSA) is 34.4 Å². The summed E-state index contributed by atoms with van der Waals surface area (Å²) in [6.45, 7) is 0. The van der Waals surface area contributed by atoms with Gasteiger partial charge in [-0.2, -0.15) is 0 Å². The molecule has 0 amide bonds. The van der Waals surface area contributed by atoms with Gasteiger partial charge in [0, 0.05) is 5.39 Å². The number of aromatic nitrogens is 2. The second-order valence-corrected chi connectivity index (χ2v) is 5.03. The molecule has 0 unspecified atom stereocenters. The van der Waals surface area contributed by atoms with E-state index in [9.17, 15) is 4.79 Å². The minimum Gasteiger partial charge on any atom is -0.268 e. The Morgan fingerprint density at radius 2 is 1.65 bits per heavy atom. The summed E-state index contributed by atoms with van der Waals surface area (Å²) in [6.07, 6.45) is 0. The Hall–Kier alpha value is -2.39. The first-order valence-electron chi connectivity index (χ1n) is 6.24. The van der Waals surface area contributed by atoms with Crippen LogP contribution < -0.4 is 5.56 Å². The number of rotatable bonds is 0. The van der Waals surface area contributed by atoms with Crippen molar-refractivity contribution >= 4 is 38.9 Å². The smallest absolute Gasteiger partial charge is 0.266 e. The lowest BCUT2D eigenvalue weighted by Crippen LogP contribution is -2.16. The van der Waals surface area contributed by atoms with Gasteiger partial charge in [-0.1, -0.05) is 48.0 Å². The van der Waals surface area contributed by atoms with Gasteiger partial charge in [-0.3, -0.25) is 4.79 Å². The maximum Gasteiger partial charge on any atom is 0.266 e. The van der Waals surface area contributed by atoms with Crippen LogP contribution in [0.1, 0.15) is 0 Å². The number of fused-ring (bicyclic) bond motifs is 4. The molecule has 0 N–H and O–H groups in total. The Bertz CT molecular complexity index is 1040. The van der Waals surface area contributed by atoms with E-state index in [1.165, 1.54) is 4.40 Å². The lowest BCUT2D eigenvalue weighted by molar-refractivity contribution is 1.09. The molecule has 20 heavy (non-hydrogen) atoms. The van der Waals surface area contributed by atoms with Crippen LogP contribution in [0.4, 0.5) is 0 Å². The Balaban J connectivity index is 2.39. The van der Waals surface area contributed by atoms with Gasteiger partial charge in [0.15, 0.2) is 0 Å². The summed E-state index contributed by atoms with van der Waals surface area (Å²) in [6, 6.07) is 16.9. The molecule has 3 nitrogen and oxygen atoms in total. The number of pyridine rings is 1. The molecule has 0 aliphatic rings. The SMILES string of the molecule is O=c1c2ccccc2nc2c3ccccc3cc(Cl)n12. The average Bonchev–Trinajstić information content (AvgIpc) is 2.47. The average molecular weight is 281 g/mol. The standard InChI is InChI=1S/C16H9ClN2O/c17-14-9-10-5-1-2-6-11(10)15-18-13-8-4-3-7-12(13)16(20)19(14)15/h1-9H. The van der Waals surface area contributed by atoms with Crippen molar-refractivity contribution < 1.29 is 0 Å². The van der Waals surface area contributed by atoms with E-state index in [4.69, 9.17) is 11.6 Å². The number of para-hydroxylation sites is 1. The summed E-state index contributed by atoms with van der Waals surface area (Å²) < 4.78 is 1.46. The second kappa shape index (κ2) is 4.05. The first-order valence-corrected chi connectivity index (χ1v) is 6.62. The molecule has 96 valence electrons. The zero-order valence-corrected chi connectivity index (χ0v) is 11.1. The number of benzene rings is 2. The van der Waals surface area contributed by atoms with Crippen LogP contribution in [0.5, 0.6) is 0 Å². The molecule has 2 aromatic heterocycles. The highest BCUT2D eigenvalue weighted by Gasteiger charge is 2.10. The first-order chi connectivity index (χ1) is 9.75. The molecule has 0 aliphatic carbocycles. The van der Waals surface area contributed by atoms with Crippen molar-refractivity contribution in [2.75, 3.05) is 0 Å². The Labute approximate surface area is 119 Å². The van der Waals surface area contributed by atoms with Gasteiger partial charge in [-0.05, 0) is 23.6 Å². The fourth-order valence-corrected chi connectivity index (χ4v) is 2.81. The molecule has 0 radical (unpaired) electrons. The number of hydrogen-bond acceptors (Lipinski definition) is 2. The summed E-state index contributed by atoms with van der Waals surface area (Å²) in [4.78, 5) is 17.2. The summed E-state index contributed by atoms with van der Waals surface area (Å²) >= 11 is 6.26. The van der Waals surface area contributed by atoms with E-state index in [-0.39, 0.29) is 5.56 Å². The van der Waals surface area contributed by atoms with Gasteiger partial charge in [0.1, 0.15) is 10.8 Å². The molecule has 4 heteroatoms. The highest BCUT2D eigenvalue weighted by molar-refractivity contribution is 6.30. The van der Waals surface area contributed by atoms with Crippen LogP contribution in [0.15, 0.2) is 59.4 Å². The number of nitrogens with zero attached hydrogens (tertiary/aromatic N) is 2. The van der Waals surface area contributed by atoms with Crippen LogP contribution in [0.25, 0.3) is 27.3 Å². The lowest BCUT2D eigenvalue weighted by atomic mass is 10.1. The quantitative estimate of drug-likeness (QED) is 0.280. The Morgan fingerprint density at radius 3 is 2.50 bits per heavy atom. The van der Waals surface area contributed by atoms with Crippen molar-refractivity contribution in [2.24, 2.45) is 0 Å². The lowest BCUT2D eigenvalue weighted by Gasteiger charge is -2.08. The molecule has 0 saturated heterocycles. The molecule has 0 saturated carbocycles. The van der Waals surface area contributed by atoms with Crippen molar-refractivity contribution in [2.45, 2.75) is 0 Å². The van der Waals surface area contributed by atoms with Crippen LogP contribution >= 0.6 is 11.6 Å². The van der Waals surface area contributed by atoms with E-state index in [0.29, 0.717) is 21.7 Å². The fourth-order valence-electron chi connectivity index (χ4n) is 2.53. The van der Waals surface area contributed by atoms with E-state index >= 15 is 0 Å². The van der Waals surface area contributed by atoms with Gasteiger partial charge in [-0.25, -0.2) is 9.38 Å². The molecule has 0 spiro atoms. The predicted octanol–water partition coefficient (Wildman–Crippen LogP) is 3.65. The first kappa shape index (κ1) is 11.4. The maximum absolute atomic E-state index is 12.6. The molecular formula is C16H9ClN2O. The van der Waals surface area contributed by atoms with Gasteiger partial charge in [-0.15, -0.1) is 0 Å². The molecule has 0 aliphatic heterocycles. The molecule has 0 fully saturated rings. The highest BCUT2D eigenvalue weighted by atomic mass is 35.5. The molecule has 4 aromatic rings.